The molecule has 2 aromatic carbocycles. The number of carbonyl (C=O) groups excluding carboxylic acids is 2. The number of hydrazone groups is 1. The van der Waals surface area contributed by atoms with E-state index in [0.717, 1.165) is 22.4 Å². The second-order valence-corrected chi connectivity index (χ2v) is 7.63. The fraction of sp³-hybridized carbons (Fsp3) is 0.292. The Morgan fingerprint density at radius 1 is 1.09 bits per heavy atom. The van der Waals surface area contributed by atoms with Gasteiger partial charge < -0.3 is 19.3 Å². The Hall–Kier alpha value is -4.21. The van der Waals surface area contributed by atoms with E-state index in [9.17, 15) is 9.59 Å². The molecule has 34 heavy (non-hydrogen) atoms. The molecular weight excluding hydrogens is 438 g/mol. The average molecular weight is 466 g/mol. The Bertz CT molecular complexity index is 1170. The summed E-state index contributed by atoms with van der Waals surface area (Å²) < 4.78 is 15.8. The monoisotopic (exact) mass is 465 g/mol. The molecule has 3 aromatic rings. The number of nitrogens with one attached hydrogen (secondary N) is 2. The summed E-state index contributed by atoms with van der Waals surface area (Å²) >= 11 is 0. The molecule has 0 aliphatic heterocycles. The summed E-state index contributed by atoms with van der Waals surface area (Å²) in [6.45, 7) is 5.43. The molecular formula is C24H27N5O5. The minimum absolute atomic E-state index is 0.00230. The fourth-order valence-electron chi connectivity index (χ4n) is 2.99. The van der Waals surface area contributed by atoms with Crippen molar-refractivity contribution < 1.29 is 23.6 Å². The molecule has 0 aliphatic carbocycles. The number of hydrogen-bond donors (Lipinski definition) is 2. The third-order valence-electron chi connectivity index (χ3n) is 4.73. The zero-order valence-electron chi connectivity index (χ0n) is 19.5. The molecule has 0 saturated carbocycles. The first-order chi connectivity index (χ1) is 16.3. The van der Waals surface area contributed by atoms with Gasteiger partial charge in [0, 0.05) is 11.3 Å². The molecule has 0 fully saturated rings. The smallest absolute Gasteiger partial charge is 0.277 e. The van der Waals surface area contributed by atoms with Crippen LogP contribution in [0.3, 0.4) is 0 Å². The van der Waals surface area contributed by atoms with E-state index in [2.05, 4.69) is 26.0 Å². The van der Waals surface area contributed by atoms with E-state index in [4.69, 9.17) is 14.0 Å². The number of aryl methyl sites for hydroxylation is 2. The van der Waals surface area contributed by atoms with Crippen LogP contribution in [0.5, 0.6) is 11.5 Å². The quantitative estimate of drug-likeness (QED) is 0.348. The van der Waals surface area contributed by atoms with Gasteiger partial charge in [-0.1, -0.05) is 22.9 Å². The summed E-state index contributed by atoms with van der Waals surface area (Å²) in [4.78, 5) is 28.4. The molecule has 1 aromatic heterocycles. The molecule has 0 unspecified atom stereocenters. The van der Waals surface area contributed by atoms with Crippen LogP contribution in [0.15, 0.2) is 52.1 Å². The lowest BCUT2D eigenvalue weighted by atomic mass is 10.1. The Morgan fingerprint density at radius 3 is 2.56 bits per heavy atom. The number of benzene rings is 2. The van der Waals surface area contributed by atoms with Crippen LogP contribution < -0.4 is 20.2 Å². The number of ether oxygens (including phenoxy) is 2. The van der Waals surface area contributed by atoms with Crippen molar-refractivity contribution in [2.24, 2.45) is 5.10 Å². The molecule has 178 valence electrons. The van der Waals surface area contributed by atoms with Gasteiger partial charge in [-0.2, -0.15) is 10.1 Å². The van der Waals surface area contributed by atoms with Crippen LogP contribution >= 0.6 is 0 Å². The Labute approximate surface area is 197 Å². The van der Waals surface area contributed by atoms with Crippen molar-refractivity contribution in [1.82, 2.24) is 20.9 Å². The van der Waals surface area contributed by atoms with Gasteiger partial charge in [0.05, 0.1) is 20.1 Å². The number of methoxy groups -OCH3 is 1. The molecule has 3 rings (SSSR count). The van der Waals surface area contributed by atoms with E-state index < -0.39 is 5.91 Å². The predicted molar refractivity (Wildman–Crippen MR) is 125 cm³/mol. The van der Waals surface area contributed by atoms with E-state index in [0.29, 0.717) is 17.3 Å². The van der Waals surface area contributed by atoms with Crippen LogP contribution in [-0.4, -0.2) is 41.4 Å². The van der Waals surface area contributed by atoms with Gasteiger partial charge in [0.2, 0.25) is 17.6 Å². The first-order valence-electron chi connectivity index (χ1n) is 10.6. The summed E-state index contributed by atoms with van der Waals surface area (Å²) in [5.41, 5.74) is 5.65. The normalized spacial score (nSPS) is 11.1. The highest BCUT2D eigenvalue weighted by molar-refractivity contribution is 6.00. The van der Waals surface area contributed by atoms with Crippen LogP contribution in [0, 0.1) is 13.8 Å². The summed E-state index contributed by atoms with van der Waals surface area (Å²) in [5.74, 6) is 1.32. The molecule has 0 saturated heterocycles. The van der Waals surface area contributed by atoms with E-state index in [1.165, 1.54) is 0 Å². The lowest BCUT2D eigenvalue weighted by molar-refractivity contribution is -0.123. The summed E-state index contributed by atoms with van der Waals surface area (Å²) in [5, 5.41) is 10.5. The second-order valence-electron chi connectivity index (χ2n) is 7.63. The Kier molecular flexibility index (Phi) is 8.33. The van der Waals surface area contributed by atoms with Crippen molar-refractivity contribution in [2.75, 3.05) is 13.7 Å². The Morgan fingerprint density at radius 2 is 1.85 bits per heavy atom. The van der Waals surface area contributed by atoms with Crippen LogP contribution in [0.1, 0.15) is 30.4 Å². The predicted octanol–water partition coefficient (Wildman–Crippen LogP) is 2.94. The van der Waals surface area contributed by atoms with E-state index in [-0.39, 0.29) is 31.4 Å². The van der Waals surface area contributed by atoms with Crippen LogP contribution in [0.4, 0.5) is 0 Å². The maximum atomic E-state index is 12.2. The molecule has 0 aliphatic rings. The number of hydrogen-bond acceptors (Lipinski definition) is 8. The van der Waals surface area contributed by atoms with Gasteiger partial charge in [0.25, 0.3) is 5.91 Å². The maximum absolute atomic E-state index is 12.2. The highest BCUT2D eigenvalue weighted by Crippen LogP contribution is 2.20. The molecule has 0 atom stereocenters. The van der Waals surface area contributed by atoms with Crippen molar-refractivity contribution in [1.29, 1.82) is 0 Å². The summed E-state index contributed by atoms with van der Waals surface area (Å²) in [6.07, 6.45) is -0.00230. The minimum atomic E-state index is -0.420. The zero-order chi connectivity index (χ0) is 24.5. The van der Waals surface area contributed by atoms with Gasteiger partial charge in [-0.05, 0) is 56.7 Å². The summed E-state index contributed by atoms with van der Waals surface area (Å²) in [6, 6.07) is 12.9. The van der Waals surface area contributed by atoms with Gasteiger partial charge in [0.1, 0.15) is 11.5 Å². The molecule has 2 amide bonds. The first-order valence-corrected chi connectivity index (χ1v) is 10.6. The van der Waals surface area contributed by atoms with Gasteiger partial charge in [-0.15, -0.1) is 0 Å². The van der Waals surface area contributed by atoms with Crippen LogP contribution in [0.2, 0.25) is 0 Å². The third-order valence-corrected chi connectivity index (χ3v) is 4.73. The number of nitrogens with zero attached hydrogens (tertiary/aromatic N) is 3. The molecule has 0 radical (unpaired) electrons. The lowest BCUT2D eigenvalue weighted by Gasteiger charge is -2.09. The third kappa shape index (κ3) is 7.16. The average Bonchev–Trinajstić information content (AvgIpc) is 3.30. The molecule has 2 N–H and O–H groups in total. The van der Waals surface area contributed by atoms with Gasteiger partial charge in [-0.25, -0.2) is 5.43 Å². The number of rotatable bonds is 10. The molecule has 10 nitrogen and oxygen atoms in total. The molecule has 0 spiro atoms. The largest absolute Gasteiger partial charge is 0.497 e. The highest BCUT2D eigenvalue weighted by atomic mass is 16.5. The fourth-order valence-corrected chi connectivity index (χ4v) is 2.99. The second kappa shape index (κ2) is 11.6. The topological polar surface area (TPSA) is 128 Å². The standard InChI is InChI=1S/C24H27N5O5/c1-15-5-10-20(16(2)11-15)33-14-22(31)28-27-17(3)12-21(30)25-13-23-26-24(29-34-23)18-6-8-19(32-4)9-7-18/h5-11H,12-14H2,1-4H3,(H,25,30)(H,28,31)/b27-17-. The summed E-state index contributed by atoms with van der Waals surface area (Å²) in [7, 11) is 1.59. The Balaban J connectivity index is 1.41. The van der Waals surface area contributed by atoms with Gasteiger partial charge in [-0.3, -0.25) is 9.59 Å². The van der Waals surface area contributed by atoms with Crippen molar-refractivity contribution in [3.05, 3.63) is 59.5 Å². The number of aromatic nitrogens is 2. The lowest BCUT2D eigenvalue weighted by Crippen LogP contribution is -2.28. The van der Waals surface area contributed by atoms with Gasteiger partial charge in [0.15, 0.2) is 6.61 Å². The molecule has 1 heterocycles. The highest BCUT2D eigenvalue weighted by Gasteiger charge is 2.11. The van der Waals surface area contributed by atoms with Crippen molar-refractivity contribution in [3.63, 3.8) is 0 Å². The van der Waals surface area contributed by atoms with Crippen molar-refractivity contribution in [2.45, 2.75) is 33.7 Å². The van der Waals surface area contributed by atoms with Crippen molar-refractivity contribution in [3.8, 4) is 22.9 Å². The van der Waals surface area contributed by atoms with Gasteiger partial charge >= 0.3 is 0 Å². The SMILES string of the molecule is COc1ccc(-c2noc(CNC(=O)C/C(C)=N\NC(=O)COc3ccc(C)cc3C)n2)cc1. The first kappa shape index (κ1) is 24.4. The minimum Gasteiger partial charge on any atom is -0.497 e. The molecule has 0 bridgehead atoms. The van der Waals surface area contributed by atoms with E-state index in [1.54, 1.807) is 26.2 Å². The van der Waals surface area contributed by atoms with Crippen molar-refractivity contribution >= 4 is 17.5 Å². The maximum Gasteiger partial charge on any atom is 0.277 e. The zero-order valence-corrected chi connectivity index (χ0v) is 19.5. The molecule has 10 heteroatoms. The van der Waals surface area contributed by atoms with Crippen LogP contribution in [0.25, 0.3) is 11.4 Å². The number of carbonyl (C=O) groups is 2. The van der Waals surface area contributed by atoms with Crippen LogP contribution in [-0.2, 0) is 16.1 Å². The van der Waals surface area contributed by atoms with E-state index in [1.807, 2.05) is 44.2 Å². The number of amides is 2. The van der Waals surface area contributed by atoms with E-state index >= 15 is 0 Å².